The van der Waals surface area contributed by atoms with Crippen LogP contribution in [0.1, 0.15) is 32.1 Å². The molecule has 0 heterocycles. The third-order valence-corrected chi connectivity index (χ3v) is 5.17. The number of nitrogens with zero attached hydrogens (tertiary/aromatic N) is 1. The van der Waals surface area contributed by atoms with E-state index < -0.39 is 21.3 Å². The quantitative estimate of drug-likeness (QED) is 0.629. The Labute approximate surface area is 114 Å². The van der Waals surface area contributed by atoms with Crippen molar-refractivity contribution in [2.24, 2.45) is 5.73 Å². The minimum atomic E-state index is -3.25. The fourth-order valence-corrected chi connectivity index (χ4v) is 3.73. The molecule has 1 saturated carbocycles. The molecule has 1 aliphatic carbocycles. The van der Waals surface area contributed by atoms with Gasteiger partial charge in [-0.3, -0.25) is 4.79 Å². The third-order valence-electron chi connectivity index (χ3n) is 3.54. The topological polar surface area (TPSA) is 101 Å². The number of rotatable bonds is 8. The van der Waals surface area contributed by atoms with Crippen LogP contribution in [0.4, 0.5) is 0 Å². The lowest BCUT2D eigenvalue weighted by atomic mass is 10.0. The highest BCUT2D eigenvalue weighted by molar-refractivity contribution is 7.91. The molecule has 0 atom stereocenters. The predicted molar refractivity (Wildman–Crippen MR) is 73.4 cm³/mol. The molecule has 0 aromatic rings. The normalized spacial score (nSPS) is 18.9. The van der Waals surface area contributed by atoms with E-state index in [1.165, 1.54) is 0 Å². The Hall–Kier alpha value is -0.660. The lowest BCUT2D eigenvalue weighted by Gasteiger charge is -2.28. The van der Waals surface area contributed by atoms with E-state index in [2.05, 4.69) is 0 Å². The lowest BCUT2D eigenvalue weighted by Crippen LogP contribution is -2.41. The Kier molecular flexibility index (Phi) is 5.76. The lowest BCUT2D eigenvalue weighted by molar-refractivity contribution is -0.117. The van der Waals surface area contributed by atoms with Crippen molar-refractivity contribution in [3.8, 4) is 0 Å². The summed E-state index contributed by atoms with van der Waals surface area (Å²) in [6, 6.07) is 0. The van der Waals surface area contributed by atoms with Crippen LogP contribution in [0.25, 0.3) is 0 Å². The van der Waals surface area contributed by atoms with Crippen LogP contribution in [-0.4, -0.2) is 61.6 Å². The molecule has 0 spiro atoms. The van der Waals surface area contributed by atoms with Crippen LogP contribution >= 0.6 is 0 Å². The average molecular weight is 292 g/mol. The van der Waals surface area contributed by atoms with Gasteiger partial charge in [-0.25, -0.2) is 8.42 Å². The minimum absolute atomic E-state index is 0.00708. The number of hydrogen-bond acceptors (Lipinski definition) is 5. The second kappa shape index (κ2) is 6.67. The predicted octanol–water partition coefficient (Wildman–Crippen LogP) is -0.486. The maximum Gasteiger partial charge on any atom is 0.218 e. The van der Waals surface area contributed by atoms with Crippen LogP contribution in [0.15, 0.2) is 0 Å². The van der Waals surface area contributed by atoms with E-state index in [0.717, 1.165) is 25.7 Å². The van der Waals surface area contributed by atoms with Crippen LogP contribution in [-0.2, 0) is 14.6 Å². The van der Waals surface area contributed by atoms with Crippen molar-refractivity contribution in [3.63, 3.8) is 0 Å². The van der Waals surface area contributed by atoms with Crippen molar-refractivity contribution in [2.75, 3.05) is 31.6 Å². The molecule has 1 fully saturated rings. The average Bonchev–Trinajstić information content (AvgIpc) is 2.71. The summed E-state index contributed by atoms with van der Waals surface area (Å²) in [6.07, 6.45) is 3.50. The molecule has 0 saturated heterocycles. The van der Waals surface area contributed by atoms with Crippen LogP contribution in [0.5, 0.6) is 0 Å². The summed E-state index contributed by atoms with van der Waals surface area (Å²) in [5, 5.41) is 10.2. The van der Waals surface area contributed by atoms with Gasteiger partial charge in [-0.1, -0.05) is 12.8 Å². The van der Waals surface area contributed by atoms with Crippen molar-refractivity contribution < 1.29 is 18.3 Å². The first-order chi connectivity index (χ1) is 8.72. The van der Waals surface area contributed by atoms with E-state index in [4.69, 9.17) is 5.73 Å². The van der Waals surface area contributed by atoms with Crippen LogP contribution in [0.2, 0.25) is 0 Å². The number of primary amides is 1. The summed E-state index contributed by atoms with van der Waals surface area (Å²) in [5.41, 5.74) is 4.27. The van der Waals surface area contributed by atoms with Gasteiger partial charge in [0.05, 0.1) is 17.1 Å². The zero-order chi connectivity index (χ0) is 14.5. The fraction of sp³-hybridized carbons (Fsp3) is 0.917. The third kappa shape index (κ3) is 6.35. The summed E-state index contributed by atoms with van der Waals surface area (Å²) in [5.74, 6) is -0.801. The molecule has 19 heavy (non-hydrogen) atoms. The zero-order valence-electron chi connectivity index (χ0n) is 11.5. The second-order valence-electron chi connectivity index (χ2n) is 5.54. The number of sulfone groups is 1. The molecular formula is C12H24N2O4S. The highest BCUT2D eigenvalue weighted by Gasteiger charge is 2.32. The summed E-state index contributed by atoms with van der Waals surface area (Å²) >= 11 is 0. The SMILES string of the molecule is CN(CCS(=O)(=O)CCC(N)=O)CC1(O)CCCC1. The number of carbonyl (C=O) groups excluding carboxylic acids is 1. The van der Waals surface area contributed by atoms with Crippen molar-refractivity contribution in [1.29, 1.82) is 0 Å². The maximum absolute atomic E-state index is 11.7. The van der Waals surface area contributed by atoms with Gasteiger partial charge in [0.2, 0.25) is 5.91 Å². The van der Waals surface area contributed by atoms with Crippen molar-refractivity contribution >= 4 is 15.7 Å². The molecule has 3 N–H and O–H groups in total. The molecule has 1 aliphatic rings. The molecule has 0 unspecified atom stereocenters. The molecule has 6 nitrogen and oxygen atoms in total. The van der Waals surface area contributed by atoms with Gasteiger partial charge in [0.15, 0.2) is 9.84 Å². The first kappa shape index (κ1) is 16.4. The maximum atomic E-state index is 11.7. The van der Waals surface area contributed by atoms with Gasteiger partial charge in [0.1, 0.15) is 0 Å². The summed E-state index contributed by atoms with van der Waals surface area (Å²) in [7, 11) is -1.44. The van der Waals surface area contributed by atoms with E-state index in [9.17, 15) is 18.3 Å². The largest absolute Gasteiger partial charge is 0.389 e. The number of likely N-dealkylation sites (N-methyl/N-ethyl adjacent to an activating group) is 1. The highest BCUT2D eigenvalue weighted by atomic mass is 32.2. The highest BCUT2D eigenvalue weighted by Crippen LogP contribution is 2.29. The Balaban J connectivity index is 2.32. The molecule has 0 aromatic carbocycles. The first-order valence-corrected chi connectivity index (χ1v) is 8.44. The molecule has 1 amide bonds. The van der Waals surface area contributed by atoms with E-state index in [1.54, 1.807) is 7.05 Å². The molecule has 0 aromatic heterocycles. The number of amides is 1. The van der Waals surface area contributed by atoms with Gasteiger partial charge in [-0.15, -0.1) is 0 Å². The van der Waals surface area contributed by atoms with Gasteiger partial charge < -0.3 is 15.7 Å². The van der Waals surface area contributed by atoms with Gasteiger partial charge in [-0.05, 0) is 19.9 Å². The Bertz CT molecular complexity index is 402. The Morgan fingerprint density at radius 1 is 1.32 bits per heavy atom. The van der Waals surface area contributed by atoms with Crippen molar-refractivity contribution in [2.45, 2.75) is 37.7 Å². The standard InChI is InChI=1S/C12H24N2O4S/c1-14(10-12(16)5-2-3-6-12)7-9-19(17,18)8-4-11(13)15/h16H,2-10H2,1H3,(H2,13,15). The number of carbonyl (C=O) groups is 1. The van der Waals surface area contributed by atoms with E-state index in [1.807, 2.05) is 4.90 Å². The summed E-state index contributed by atoms with van der Waals surface area (Å²) in [4.78, 5) is 12.4. The van der Waals surface area contributed by atoms with E-state index in [-0.39, 0.29) is 17.9 Å². The van der Waals surface area contributed by atoms with Crippen molar-refractivity contribution in [3.05, 3.63) is 0 Å². The monoisotopic (exact) mass is 292 g/mol. The van der Waals surface area contributed by atoms with Gasteiger partial charge in [-0.2, -0.15) is 0 Å². The van der Waals surface area contributed by atoms with Crippen LogP contribution in [0.3, 0.4) is 0 Å². The van der Waals surface area contributed by atoms with E-state index >= 15 is 0 Å². The molecule has 1 rings (SSSR count). The summed E-state index contributed by atoms with van der Waals surface area (Å²) < 4.78 is 23.3. The van der Waals surface area contributed by atoms with Crippen molar-refractivity contribution in [1.82, 2.24) is 4.90 Å². The zero-order valence-corrected chi connectivity index (χ0v) is 12.3. The van der Waals surface area contributed by atoms with Gasteiger partial charge >= 0.3 is 0 Å². The number of aliphatic hydroxyl groups is 1. The number of nitrogens with two attached hydrogens (primary N) is 1. The van der Waals surface area contributed by atoms with E-state index in [0.29, 0.717) is 13.1 Å². The molecule has 0 radical (unpaired) electrons. The molecule has 7 heteroatoms. The Morgan fingerprint density at radius 3 is 2.42 bits per heavy atom. The summed E-state index contributed by atoms with van der Waals surface area (Å²) in [6.45, 7) is 0.863. The van der Waals surface area contributed by atoms with Gasteiger partial charge in [0.25, 0.3) is 0 Å². The molecule has 0 aliphatic heterocycles. The first-order valence-electron chi connectivity index (χ1n) is 6.62. The molecule has 0 bridgehead atoms. The number of hydrogen-bond donors (Lipinski definition) is 2. The molecular weight excluding hydrogens is 268 g/mol. The smallest absolute Gasteiger partial charge is 0.218 e. The Morgan fingerprint density at radius 2 is 1.89 bits per heavy atom. The van der Waals surface area contributed by atoms with Crippen LogP contribution < -0.4 is 5.73 Å². The second-order valence-corrected chi connectivity index (χ2v) is 7.84. The molecule has 112 valence electrons. The van der Waals surface area contributed by atoms with Gasteiger partial charge in [0, 0.05) is 19.5 Å². The van der Waals surface area contributed by atoms with Crippen LogP contribution in [0, 0.1) is 0 Å². The minimum Gasteiger partial charge on any atom is -0.389 e. The fourth-order valence-electron chi connectivity index (χ4n) is 2.43.